The molecule has 0 unspecified atom stereocenters. The van der Waals surface area contributed by atoms with E-state index in [9.17, 15) is 18.0 Å². The SMILES string of the molecule is Cc1ccccc1S(=O)(=O)Oc1ccc2c(c1)C(=O)NC2=O. The van der Waals surface area contributed by atoms with E-state index in [4.69, 9.17) is 4.18 Å². The lowest BCUT2D eigenvalue weighted by molar-refractivity contribution is 0.0879. The molecule has 0 fully saturated rings. The molecule has 6 nitrogen and oxygen atoms in total. The quantitative estimate of drug-likeness (QED) is 0.686. The highest BCUT2D eigenvalue weighted by atomic mass is 32.2. The summed E-state index contributed by atoms with van der Waals surface area (Å²) in [6, 6.07) is 10.4. The zero-order chi connectivity index (χ0) is 15.9. The third-order valence-corrected chi connectivity index (χ3v) is 4.68. The summed E-state index contributed by atoms with van der Waals surface area (Å²) >= 11 is 0. The van der Waals surface area contributed by atoms with Crippen molar-refractivity contribution >= 4 is 21.9 Å². The highest BCUT2D eigenvalue weighted by Crippen LogP contribution is 2.25. The summed E-state index contributed by atoms with van der Waals surface area (Å²) < 4.78 is 29.6. The van der Waals surface area contributed by atoms with Crippen molar-refractivity contribution in [2.75, 3.05) is 0 Å². The van der Waals surface area contributed by atoms with Crippen LogP contribution in [0.25, 0.3) is 0 Å². The number of nitrogens with one attached hydrogen (secondary N) is 1. The predicted molar refractivity (Wildman–Crippen MR) is 77.2 cm³/mol. The molecule has 0 aliphatic carbocycles. The first-order valence-corrected chi connectivity index (χ1v) is 7.79. The minimum atomic E-state index is -4.01. The second-order valence-electron chi connectivity index (χ2n) is 4.79. The van der Waals surface area contributed by atoms with Crippen molar-refractivity contribution in [3.05, 3.63) is 59.2 Å². The zero-order valence-corrected chi connectivity index (χ0v) is 12.3. The van der Waals surface area contributed by atoms with Gasteiger partial charge in [-0.25, -0.2) is 0 Å². The van der Waals surface area contributed by atoms with Gasteiger partial charge in [-0.2, -0.15) is 8.42 Å². The molecule has 112 valence electrons. The zero-order valence-electron chi connectivity index (χ0n) is 11.5. The smallest absolute Gasteiger partial charge is 0.339 e. The van der Waals surface area contributed by atoms with Gasteiger partial charge in [-0.1, -0.05) is 18.2 Å². The number of carbonyl (C=O) groups is 2. The first-order chi connectivity index (χ1) is 10.4. The van der Waals surface area contributed by atoms with Crippen molar-refractivity contribution in [3.63, 3.8) is 0 Å². The summed E-state index contributed by atoms with van der Waals surface area (Å²) in [5.74, 6) is -1.10. The summed E-state index contributed by atoms with van der Waals surface area (Å²) in [5.41, 5.74) is 0.852. The maximum Gasteiger partial charge on any atom is 0.339 e. The Morgan fingerprint density at radius 2 is 1.64 bits per heavy atom. The molecule has 0 radical (unpaired) electrons. The van der Waals surface area contributed by atoms with E-state index in [-0.39, 0.29) is 21.8 Å². The van der Waals surface area contributed by atoms with Crippen LogP contribution in [-0.2, 0) is 10.1 Å². The third-order valence-electron chi connectivity index (χ3n) is 3.28. The molecule has 0 bridgehead atoms. The fourth-order valence-electron chi connectivity index (χ4n) is 2.21. The summed E-state index contributed by atoms with van der Waals surface area (Å²) in [6.45, 7) is 1.66. The molecule has 22 heavy (non-hydrogen) atoms. The average molecular weight is 317 g/mol. The highest BCUT2D eigenvalue weighted by Gasteiger charge is 2.28. The summed E-state index contributed by atoms with van der Waals surface area (Å²) in [4.78, 5) is 23.1. The molecule has 1 aliphatic heterocycles. The molecular formula is C15H11NO5S. The van der Waals surface area contributed by atoms with E-state index in [0.717, 1.165) is 0 Å². The number of rotatable bonds is 3. The van der Waals surface area contributed by atoms with E-state index in [1.165, 1.54) is 24.3 Å². The van der Waals surface area contributed by atoms with Crippen LogP contribution in [0.1, 0.15) is 26.3 Å². The van der Waals surface area contributed by atoms with Crippen molar-refractivity contribution in [2.24, 2.45) is 0 Å². The average Bonchev–Trinajstić information content (AvgIpc) is 2.73. The van der Waals surface area contributed by atoms with Gasteiger partial charge in [0.25, 0.3) is 11.8 Å². The van der Waals surface area contributed by atoms with Gasteiger partial charge in [0.1, 0.15) is 10.6 Å². The van der Waals surface area contributed by atoms with E-state index in [1.807, 2.05) is 0 Å². The number of hydrogen-bond donors (Lipinski definition) is 1. The van der Waals surface area contributed by atoms with E-state index in [2.05, 4.69) is 5.32 Å². The van der Waals surface area contributed by atoms with E-state index in [1.54, 1.807) is 25.1 Å². The maximum atomic E-state index is 12.3. The Morgan fingerprint density at radius 1 is 0.955 bits per heavy atom. The van der Waals surface area contributed by atoms with Gasteiger partial charge in [-0.05, 0) is 36.8 Å². The number of fused-ring (bicyclic) bond motifs is 1. The van der Waals surface area contributed by atoms with Crippen molar-refractivity contribution in [1.82, 2.24) is 5.32 Å². The van der Waals surface area contributed by atoms with Crippen molar-refractivity contribution in [3.8, 4) is 5.75 Å². The molecule has 1 heterocycles. The molecule has 7 heteroatoms. The number of hydrogen-bond acceptors (Lipinski definition) is 5. The lowest BCUT2D eigenvalue weighted by atomic mass is 10.1. The lowest BCUT2D eigenvalue weighted by Gasteiger charge is -2.09. The maximum absolute atomic E-state index is 12.3. The van der Waals surface area contributed by atoms with E-state index < -0.39 is 21.9 Å². The van der Waals surface area contributed by atoms with Crippen LogP contribution in [0.2, 0.25) is 0 Å². The lowest BCUT2D eigenvalue weighted by Crippen LogP contribution is -2.19. The van der Waals surface area contributed by atoms with Gasteiger partial charge in [-0.15, -0.1) is 0 Å². The molecule has 0 aromatic heterocycles. The molecule has 0 saturated carbocycles. The van der Waals surface area contributed by atoms with Gasteiger partial charge in [0, 0.05) is 0 Å². The topological polar surface area (TPSA) is 89.5 Å². The molecule has 3 rings (SSSR count). The fourth-order valence-corrected chi connectivity index (χ4v) is 3.36. The minimum absolute atomic E-state index is 0.0214. The Hall–Kier alpha value is -2.67. The third kappa shape index (κ3) is 2.35. The van der Waals surface area contributed by atoms with Crippen LogP contribution in [0.15, 0.2) is 47.4 Å². The first kappa shape index (κ1) is 14.3. The molecule has 2 aromatic rings. The second-order valence-corrected chi connectivity index (χ2v) is 6.31. The summed E-state index contributed by atoms with van der Waals surface area (Å²) in [5, 5.41) is 2.13. The van der Waals surface area contributed by atoms with Gasteiger partial charge in [0.15, 0.2) is 0 Å². The summed E-state index contributed by atoms with van der Waals surface area (Å²) in [6.07, 6.45) is 0. The Morgan fingerprint density at radius 3 is 2.36 bits per heavy atom. The van der Waals surface area contributed by atoms with Crippen LogP contribution >= 0.6 is 0 Å². The number of benzene rings is 2. The number of carbonyl (C=O) groups excluding carboxylic acids is 2. The molecule has 0 atom stereocenters. The van der Waals surface area contributed by atoms with E-state index in [0.29, 0.717) is 5.56 Å². The predicted octanol–water partition coefficient (Wildman–Crippen LogP) is 1.65. The Bertz CT molecular complexity index is 902. The minimum Gasteiger partial charge on any atom is -0.379 e. The molecular weight excluding hydrogens is 306 g/mol. The highest BCUT2D eigenvalue weighted by molar-refractivity contribution is 7.87. The molecule has 0 spiro atoms. The Balaban J connectivity index is 1.98. The standard InChI is InChI=1S/C15H11NO5S/c1-9-4-2-3-5-13(9)22(19,20)21-10-6-7-11-12(8-10)15(18)16-14(11)17/h2-8H,1H3,(H,16,17,18). The number of aryl methyl sites for hydroxylation is 1. The van der Waals surface area contributed by atoms with Gasteiger partial charge in [0.2, 0.25) is 0 Å². The van der Waals surface area contributed by atoms with Crippen LogP contribution in [0.3, 0.4) is 0 Å². The fraction of sp³-hybridized carbons (Fsp3) is 0.0667. The first-order valence-electron chi connectivity index (χ1n) is 6.38. The molecule has 2 amide bonds. The van der Waals surface area contributed by atoms with Crippen molar-refractivity contribution < 1.29 is 22.2 Å². The number of amides is 2. The molecule has 2 aromatic carbocycles. The van der Waals surface area contributed by atoms with Crippen LogP contribution in [0.5, 0.6) is 5.75 Å². The van der Waals surface area contributed by atoms with Crippen LogP contribution in [-0.4, -0.2) is 20.2 Å². The van der Waals surface area contributed by atoms with Gasteiger partial charge in [-0.3, -0.25) is 14.9 Å². The summed E-state index contributed by atoms with van der Waals surface area (Å²) in [7, 11) is -4.01. The van der Waals surface area contributed by atoms with Crippen LogP contribution < -0.4 is 9.50 Å². The second kappa shape index (κ2) is 4.96. The normalized spacial score (nSPS) is 13.7. The molecule has 1 N–H and O–H groups in total. The molecule has 0 saturated heterocycles. The van der Waals surface area contributed by atoms with Crippen molar-refractivity contribution in [1.29, 1.82) is 0 Å². The van der Waals surface area contributed by atoms with Gasteiger partial charge >= 0.3 is 10.1 Å². The Kier molecular flexibility index (Phi) is 3.22. The van der Waals surface area contributed by atoms with Gasteiger partial charge in [0.05, 0.1) is 11.1 Å². The monoisotopic (exact) mass is 317 g/mol. The van der Waals surface area contributed by atoms with Crippen LogP contribution in [0.4, 0.5) is 0 Å². The van der Waals surface area contributed by atoms with Gasteiger partial charge < -0.3 is 4.18 Å². The Labute approximate surface area is 126 Å². The van der Waals surface area contributed by atoms with Crippen LogP contribution in [0, 0.1) is 6.92 Å². The van der Waals surface area contributed by atoms with Crippen molar-refractivity contribution in [2.45, 2.75) is 11.8 Å². The largest absolute Gasteiger partial charge is 0.379 e. The number of imide groups is 1. The van der Waals surface area contributed by atoms with E-state index >= 15 is 0 Å². The molecule has 1 aliphatic rings.